The summed E-state index contributed by atoms with van der Waals surface area (Å²) in [6.45, 7) is 19.7. The first kappa shape index (κ1) is 80.1. The zero-order valence-electron chi connectivity index (χ0n) is 54.0. The Kier molecular flexibility index (Phi) is 48.0. The van der Waals surface area contributed by atoms with Crippen LogP contribution in [0.4, 0.5) is 0 Å². The van der Waals surface area contributed by atoms with Gasteiger partial charge in [0.2, 0.25) is 0 Å². The van der Waals surface area contributed by atoms with Gasteiger partial charge in [-0.25, -0.2) is 4.79 Å². The number of ether oxygens (including phenoxy) is 10. The fraction of sp³-hybridized carbons (Fsp3) is 0.405. The van der Waals surface area contributed by atoms with Gasteiger partial charge in [0.15, 0.2) is 0 Å². The Labute approximate surface area is 536 Å². The Hall–Kier alpha value is -7.96. The van der Waals surface area contributed by atoms with E-state index in [0.717, 1.165) is 63.2 Å². The third kappa shape index (κ3) is 34.7. The number of aldehydes is 4. The van der Waals surface area contributed by atoms with Gasteiger partial charge in [0.05, 0.1) is 32.5 Å². The molecule has 0 saturated heterocycles. The molecule has 0 amide bonds. The summed E-state index contributed by atoms with van der Waals surface area (Å²) < 4.78 is 54.3. The zero-order valence-corrected chi connectivity index (χ0v) is 54.0. The van der Waals surface area contributed by atoms with Gasteiger partial charge in [-0.05, 0) is 147 Å². The van der Waals surface area contributed by atoms with Gasteiger partial charge >= 0.3 is 5.97 Å². The molecule has 3 aromatic rings. The van der Waals surface area contributed by atoms with E-state index >= 15 is 0 Å². The lowest BCUT2D eigenvalue weighted by Gasteiger charge is -2.21. The smallest absolute Gasteiger partial charge is 0.338 e. The van der Waals surface area contributed by atoms with E-state index in [1.165, 1.54) is 55.3 Å². The molecule has 6 atom stereocenters. The maximum Gasteiger partial charge on any atom is 0.338 e. The summed E-state index contributed by atoms with van der Waals surface area (Å²) in [5.41, 5.74) is 6.53. The first-order chi connectivity index (χ1) is 44.0. The number of carbonyl (C=O) groups excluding carboxylic acids is 5. The molecule has 490 valence electrons. The van der Waals surface area contributed by atoms with Gasteiger partial charge in [-0.2, -0.15) is 0 Å². The van der Waals surface area contributed by atoms with Crippen LogP contribution in [0.15, 0.2) is 183 Å². The number of methoxy groups -OCH3 is 5. The molecule has 0 heterocycles. The number of nitrogens with one attached hydrogen (secondary N) is 1. The van der Waals surface area contributed by atoms with E-state index in [-0.39, 0.29) is 18.8 Å². The first-order valence-corrected chi connectivity index (χ1v) is 30.3. The monoisotopic (exact) mass is 1240 g/mol. The topological polar surface area (TPSA) is 201 Å². The Morgan fingerprint density at radius 3 is 1.44 bits per heavy atom. The van der Waals surface area contributed by atoms with Crippen LogP contribution >= 0.6 is 0 Å². The van der Waals surface area contributed by atoms with Crippen LogP contribution in [-0.2, 0) is 58.8 Å². The van der Waals surface area contributed by atoms with Gasteiger partial charge in [0, 0.05) is 84.9 Å². The average Bonchev–Trinajstić information content (AvgIpc) is 1.65. The van der Waals surface area contributed by atoms with E-state index < -0.39 is 5.97 Å². The van der Waals surface area contributed by atoms with Gasteiger partial charge in [-0.15, -0.1) is 0 Å². The largest absolute Gasteiger partial charge is 0.496 e. The molecule has 4 aliphatic rings. The van der Waals surface area contributed by atoms with Crippen LogP contribution in [0.25, 0.3) is 6.08 Å². The Bertz CT molecular complexity index is 2570. The lowest BCUT2D eigenvalue weighted by Crippen LogP contribution is -2.26. The van der Waals surface area contributed by atoms with Crippen LogP contribution < -0.4 is 14.2 Å². The number of hydrogen-bond acceptors (Lipinski definition) is 16. The summed E-state index contributed by atoms with van der Waals surface area (Å²) in [6.07, 6.45) is 40.9. The standard InChI is InChI=1S/C26H35NO7.C20H30O4.C16H18.4C3H4O/c1-29-13-4-5-14-32-18-24(30-2)19-34-23-9-7-21(8-10-23)26(28)33-15-12-20-6-11-25(31-3)22(16-20)17-27;1-21-12-3-4-13-23-15-20(22-2)16-24-19-10-8-18(9-11-19)14-17-6-5-7-17;1-2-7-12-13-8-3-5-10-15(13)16-11-6-4-9-14(12)16;4*1-2-3-4/h6-11,16-17,24,27H,4-5,12-15,18-19H2,1-3H3;8-11,14,20H,3-7,12-13,15-16H2,1-2H3;3-11,13-16H,2H2,1H3;4*2-3H,1H2. The molecule has 90 heavy (non-hydrogen) atoms. The van der Waals surface area contributed by atoms with Crippen molar-refractivity contribution >= 4 is 43.4 Å². The molecule has 7 rings (SSSR count). The van der Waals surface area contributed by atoms with Crippen molar-refractivity contribution in [2.24, 2.45) is 23.7 Å². The van der Waals surface area contributed by atoms with E-state index in [1.54, 1.807) is 77.0 Å². The summed E-state index contributed by atoms with van der Waals surface area (Å²) in [7, 11) is 8.29. The highest BCUT2D eigenvalue weighted by molar-refractivity contribution is 5.89. The minimum atomic E-state index is -0.399. The van der Waals surface area contributed by atoms with Crippen molar-refractivity contribution < 1.29 is 71.3 Å². The van der Waals surface area contributed by atoms with E-state index in [1.807, 2.05) is 24.3 Å². The quantitative estimate of drug-likeness (QED) is 0.0148. The number of rotatable bonds is 34. The van der Waals surface area contributed by atoms with E-state index in [4.69, 9.17) is 72.0 Å². The molecule has 3 aromatic carbocycles. The number of carbonyl (C=O) groups is 5. The fourth-order valence-electron chi connectivity index (χ4n) is 8.96. The van der Waals surface area contributed by atoms with Gasteiger partial charge in [-0.1, -0.05) is 123 Å². The second-order valence-electron chi connectivity index (χ2n) is 20.1. The Morgan fingerprint density at radius 2 is 1.04 bits per heavy atom. The maximum atomic E-state index is 12.3. The van der Waals surface area contributed by atoms with Gasteiger partial charge < -0.3 is 52.8 Å². The number of allylic oxidation sites excluding steroid dienone is 15. The lowest BCUT2D eigenvalue weighted by atomic mass is 9.83. The van der Waals surface area contributed by atoms with E-state index in [9.17, 15) is 4.79 Å². The number of unbranched alkanes of at least 4 members (excludes halogenated alkanes) is 2. The minimum Gasteiger partial charge on any atom is -0.496 e. The van der Waals surface area contributed by atoms with Crippen molar-refractivity contribution in [2.75, 3.05) is 95.0 Å². The normalized spacial score (nSPS) is 16.2. The highest BCUT2D eigenvalue weighted by Gasteiger charge is 2.42. The molecule has 0 aliphatic heterocycles. The van der Waals surface area contributed by atoms with Gasteiger partial charge in [0.1, 0.15) is 67.8 Å². The van der Waals surface area contributed by atoms with Crippen LogP contribution in [-0.4, -0.2) is 145 Å². The third-order valence-electron chi connectivity index (χ3n) is 13.7. The average molecular weight is 1240 g/mol. The number of hydrogen-bond donors (Lipinski definition) is 1. The van der Waals surface area contributed by atoms with Gasteiger partial charge in [-0.3, -0.25) is 19.2 Å². The van der Waals surface area contributed by atoms with E-state index in [2.05, 4.69) is 106 Å². The SMILES string of the molecule is C=CC=O.C=CC=O.C=CC=O.C=CC=O.CCC=C1C2C=CC=CC2C2C=CC=CC12.COCCCCOCC(COc1ccc(C(=O)OCCc2ccc(OC)c(C=N)c2)cc1)OC.COCCCCOCC(COc1ccc(C=C2CCC2)cc1)OC. The van der Waals surface area contributed by atoms with Crippen molar-refractivity contribution in [3.05, 3.63) is 205 Å². The van der Waals surface area contributed by atoms with Crippen LogP contribution in [0.3, 0.4) is 0 Å². The molecule has 6 unspecified atom stereocenters. The van der Waals surface area contributed by atoms with Gasteiger partial charge in [0.25, 0.3) is 0 Å². The number of fused-ring (bicyclic) bond motifs is 3. The minimum absolute atomic E-state index is 0.0517. The molecular formula is C74H99NO15. The molecule has 2 saturated carbocycles. The van der Waals surface area contributed by atoms with Crippen LogP contribution in [0, 0.1) is 29.1 Å². The Balaban J connectivity index is 0.000000624. The number of benzene rings is 3. The molecule has 0 bridgehead atoms. The summed E-state index contributed by atoms with van der Waals surface area (Å²) in [6, 6.07) is 20.6. The zero-order chi connectivity index (χ0) is 66.2. The molecule has 2 fully saturated rings. The predicted molar refractivity (Wildman–Crippen MR) is 360 cm³/mol. The summed E-state index contributed by atoms with van der Waals surface area (Å²) in [5.74, 6) is 4.41. The molecule has 1 N–H and O–H groups in total. The van der Waals surface area contributed by atoms with Crippen LogP contribution in [0.2, 0.25) is 0 Å². The second-order valence-corrected chi connectivity index (χ2v) is 20.1. The lowest BCUT2D eigenvalue weighted by molar-refractivity contribution is -0.104. The predicted octanol–water partition coefficient (Wildman–Crippen LogP) is 13.6. The van der Waals surface area contributed by atoms with Crippen molar-refractivity contribution in [1.82, 2.24) is 0 Å². The molecule has 0 radical (unpaired) electrons. The van der Waals surface area contributed by atoms with Crippen molar-refractivity contribution in [3.63, 3.8) is 0 Å². The highest BCUT2D eigenvalue weighted by atomic mass is 16.6. The number of esters is 1. The first-order valence-electron chi connectivity index (χ1n) is 30.3. The van der Waals surface area contributed by atoms with Crippen molar-refractivity contribution in [1.29, 1.82) is 5.41 Å². The van der Waals surface area contributed by atoms with Crippen LogP contribution in [0.5, 0.6) is 17.2 Å². The summed E-state index contributed by atoms with van der Waals surface area (Å²) in [4.78, 5) is 48.6. The van der Waals surface area contributed by atoms with Crippen LogP contribution in [0.1, 0.15) is 85.3 Å². The van der Waals surface area contributed by atoms with Crippen molar-refractivity contribution in [2.45, 2.75) is 76.9 Å². The molecule has 0 aromatic heterocycles. The molecule has 16 nitrogen and oxygen atoms in total. The Morgan fingerprint density at radius 1 is 0.589 bits per heavy atom. The molecule has 16 heteroatoms. The second kappa shape index (κ2) is 54.0. The molecule has 0 spiro atoms. The van der Waals surface area contributed by atoms with E-state index in [0.29, 0.717) is 111 Å². The van der Waals surface area contributed by atoms with Crippen molar-refractivity contribution in [3.8, 4) is 17.2 Å². The maximum absolute atomic E-state index is 12.3. The fourth-order valence-corrected chi connectivity index (χ4v) is 8.96. The third-order valence-corrected chi connectivity index (χ3v) is 13.7. The summed E-state index contributed by atoms with van der Waals surface area (Å²) in [5, 5.41) is 7.46. The molecular weight excluding hydrogens is 1140 g/mol. The summed E-state index contributed by atoms with van der Waals surface area (Å²) >= 11 is 0. The highest BCUT2D eigenvalue weighted by Crippen LogP contribution is 2.50. The molecule has 4 aliphatic carbocycles.